The number of hydrogen-bond donors (Lipinski definition) is 3. The Morgan fingerprint density at radius 2 is 2.09 bits per heavy atom. The van der Waals surface area contributed by atoms with Gasteiger partial charge < -0.3 is 20.7 Å². The standard InChI is InChI=1S/C24H26ClFN6O2/c1-34-23-12-27-5-4-22(23)30-16-6-17(11-28-10-16)32-13-14(9-29-32)18-7-19(21(26)8-20(18)25)24(33)31-15-2-3-15/h6-11,13,15,22-23,27,30H,2-5,12H2,1H3,(H,31,33)/t22?,23-/m1/s1. The van der Waals surface area contributed by atoms with Gasteiger partial charge in [-0.3, -0.25) is 9.78 Å². The second-order valence-corrected chi connectivity index (χ2v) is 9.09. The predicted octanol–water partition coefficient (Wildman–Crippen LogP) is 3.41. The van der Waals surface area contributed by atoms with E-state index in [0.717, 1.165) is 43.7 Å². The fourth-order valence-electron chi connectivity index (χ4n) is 4.13. The maximum Gasteiger partial charge on any atom is 0.254 e. The molecule has 3 aromatic rings. The maximum absolute atomic E-state index is 14.4. The minimum atomic E-state index is -0.644. The third-order valence-corrected chi connectivity index (χ3v) is 6.49. The van der Waals surface area contributed by atoms with Crippen molar-refractivity contribution in [1.82, 2.24) is 25.4 Å². The second kappa shape index (κ2) is 9.69. The van der Waals surface area contributed by atoms with Crippen molar-refractivity contribution in [2.75, 3.05) is 25.5 Å². The van der Waals surface area contributed by atoms with Crippen molar-refractivity contribution in [3.8, 4) is 16.8 Å². The molecule has 1 saturated heterocycles. The van der Waals surface area contributed by atoms with E-state index in [9.17, 15) is 9.18 Å². The van der Waals surface area contributed by atoms with Crippen LogP contribution in [0.2, 0.25) is 5.02 Å². The summed E-state index contributed by atoms with van der Waals surface area (Å²) in [6, 6.07) is 4.92. The van der Waals surface area contributed by atoms with Crippen molar-refractivity contribution >= 4 is 23.2 Å². The third-order valence-electron chi connectivity index (χ3n) is 6.18. The van der Waals surface area contributed by atoms with Gasteiger partial charge in [-0.2, -0.15) is 5.10 Å². The molecule has 8 nitrogen and oxygen atoms in total. The molecule has 34 heavy (non-hydrogen) atoms. The zero-order valence-electron chi connectivity index (χ0n) is 18.7. The van der Waals surface area contributed by atoms with Crippen molar-refractivity contribution in [2.24, 2.45) is 0 Å². The first-order valence-corrected chi connectivity index (χ1v) is 11.7. The summed E-state index contributed by atoms with van der Waals surface area (Å²) in [6.45, 7) is 1.72. The third kappa shape index (κ3) is 4.91. The van der Waals surface area contributed by atoms with Crippen molar-refractivity contribution in [1.29, 1.82) is 0 Å². The van der Waals surface area contributed by atoms with E-state index < -0.39 is 11.7 Å². The molecule has 0 spiro atoms. The van der Waals surface area contributed by atoms with Crippen LogP contribution in [-0.4, -0.2) is 59.1 Å². The average Bonchev–Trinajstić information content (AvgIpc) is 3.51. The van der Waals surface area contributed by atoms with Gasteiger partial charge >= 0.3 is 0 Å². The molecule has 1 aliphatic heterocycles. The molecular formula is C24H26ClFN6O2. The number of nitrogens with zero attached hydrogens (tertiary/aromatic N) is 3. The maximum atomic E-state index is 14.4. The first kappa shape index (κ1) is 22.8. The van der Waals surface area contributed by atoms with E-state index in [1.54, 1.807) is 36.6 Å². The molecule has 2 aliphatic rings. The zero-order valence-corrected chi connectivity index (χ0v) is 19.5. The van der Waals surface area contributed by atoms with Gasteiger partial charge in [0.15, 0.2) is 0 Å². The number of carbonyl (C=O) groups is 1. The number of nitrogens with one attached hydrogen (secondary N) is 3. The molecule has 1 amide bonds. The van der Waals surface area contributed by atoms with Crippen LogP contribution >= 0.6 is 11.6 Å². The number of ether oxygens (including phenoxy) is 1. The lowest BCUT2D eigenvalue weighted by atomic mass is 10.0. The van der Waals surface area contributed by atoms with E-state index >= 15 is 0 Å². The number of anilines is 1. The summed E-state index contributed by atoms with van der Waals surface area (Å²) in [5.74, 6) is -1.07. The second-order valence-electron chi connectivity index (χ2n) is 8.68. The van der Waals surface area contributed by atoms with Gasteiger partial charge in [0.2, 0.25) is 0 Å². The monoisotopic (exact) mass is 484 g/mol. The van der Waals surface area contributed by atoms with Gasteiger partial charge in [0.05, 0.1) is 52.7 Å². The Hall–Kier alpha value is -3.01. The lowest BCUT2D eigenvalue weighted by Crippen LogP contribution is -2.48. The molecule has 2 atom stereocenters. The molecule has 1 unspecified atom stereocenters. The van der Waals surface area contributed by atoms with Crippen LogP contribution in [0.25, 0.3) is 16.8 Å². The number of aromatic nitrogens is 3. The Kier molecular flexibility index (Phi) is 6.49. The Labute approximate surface area is 201 Å². The Morgan fingerprint density at radius 1 is 1.24 bits per heavy atom. The van der Waals surface area contributed by atoms with Gasteiger partial charge in [-0.05, 0) is 44.0 Å². The summed E-state index contributed by atoms with van der Waals surface area (Å²) in [7, 11) is 1.72. The minimum absolute atomic E-state index is 0.0263. The molecule has 0 radical (unpaired) electrons. The normalized spacial score (nSPS) is 20.2. The number of methoxy groups -OCH3 is 1. The van der Waals surface area contributed by atoms with Crippen LogP contribution in [0, 0.1) is 5.82 Å². The number of carbonyl (C=O) groups excluding carboxylic acids is 1. The largest absolute Gasteiger partial charge is 0.378 e. The van der Waals surface area contributed by atoms with E-state index in [4.69, 9.17) is 16.3 Å². The minimum Gasteiger partial charge on any atom is -0.378 e. The van der Waals surface area contributed by atoms with Crippen molar-refractivity contribution < 1.29 is 13.9 Å². The fourth-order valence-corrected chi connectivity index (χ4v) is 4.39. The lowest BCUT2D eigenvalue weighted by Gasteiger charge is -2.32. The van der Waals surface area contributed by atoms with Crippen LogP contribution in [-0.2, 0) is 4.74 Å². The predicted molar refractivity (Wildman–Crippen MR) is 128 cm³/mol. The van der Waals surface area contributed by atoms with E-state index in [0.29, 0.717) is 11.1 Å². The molecule has 0 bridgehead atoms. The first-order valence-electron chi connectivity index (χ1n) is 11.3. The Morgan fingerprint density at radius 3 is 2.88 bits per heavy atom. The molecule has 1 saturated carbocycles. The van der Waals surface area contributed by atoms with Crippen LogP contribution in [0.1, 0.15) is 29.6 Å². The fraction of sp³-hybridized carbons (Fsp3) is 0.375. The van der Waals surface area contributed by atoms with Gasteiger partial charge in [-0.15, -0.1) is 0 Å². The molecule has 2 fully saturated rings. The van der Waals surface area contributed by atoms with E-state index in [2.05, 4.69) is 26.0 Å². The summed E-state index contributed by atoms with van der Waals surface area (Å²) in [4.78, 5) is 16.8. The van der Waals surface area contributed by atoms with Crippen molar-refractivity contribution in [3.05, 3.63) is 59.4 Å². The highest BCUT2D eigenvalue weighted by Gasteiger charge is 2.26. The highest BCUT2D eigenvalue weighted by Crippen LogP contribution is 2.31. The van der Waals surface area contributed by atoms with E-state index in [1.807, 2.05) is 6.07 Å². The molecule has 10 heteroatoms. The van der Waals surface area contributed by atoms with Crippen LogP contribution < -0.4 is 16.0 Å². The molecule has 2 aromatic heterocycles. The number of pyridine rings is 1. The van der Waals surface area contributed by atoms with Gasteiger partial charge in [0.25, 0.3) is 5.91 Å². The van der Waals surface area contributed by atoms with Crippen LogP contribution in [0.3, 0.4) is 0 Å². The van der Waals surface area contributed by atoms with Gasteiger partial charge in [0.1, 0.15) is 5.82 Å². The number of piperidine rings is 1. The number of rotatable bonds is 7. The quantitative estimate of drug-likeness (QED) is 0.476. The van der Waals surface area contributed by atoms with Gasteiger partial charge in [0, 0.05) is 37.0 Å². The SMILES string of the molecule is CO[C@@H]1CNCCC1Nc1cncc(-n2cc(-c3cc(C(=O)NC4CC4)c(F)cc3Cl)cn2)c1. The zero-order chi connectivity index (χ0) is 23.7. The summed E-state index contributed by atoms with van der Waals surface area (Å²) in [5, 5.41) is 14.3. The van der Waals surface area contributed by atoms with Gasteiger partial charge in [-0.1, -0.05) is 11.6 Å². The van der Waals surface area contributed by atoms with Crippen LogP contribution in [0.4, 0.5) is 10.1 Å². The molecule has 1 aromatic carbocycles. The summed E-state index contributed by atoms with van der Waals surface area (Å²) in [5.41, 5.74) is 2.80. The Balaban J connectivity index is 1.38. The van der Waals surface area contributed by atoms with E-state index in [1.165, 1.54) is 12.1 Å². The molecule has 178 valence electrons. The summed E-state index contributed by atoms with van der Waals surface area (Å²) in [6.07, 6.45) is 9.75. The van der Waals surface area contributed by atoms with Crippen molar-refractivity contribution in [2.45, 2.75) is 37.5 Å². The molecule has 1 aliphatic carbocycles. The molecule has 3 N–H and O–H groups in total. The van der Waals surface area contributed by atoms with Crippen molar-refractivity contribution in [3.63, 3.8) is 0 Å². The molecule has 3 heterocycles. The molecular weight excluding hydrogens is 459 g/mol. The lowest BCUT2D eigenvalue weighted by molar-refractivity contribution is 0.0706. The Bertz CT molecular complexity index is 1200. The van der Waals surface area contributed by atoms with E-state index in [-0.39, 0.29) is 28.8 Å². The topological polar surface area (TPSA) is 93.1 Å². The summed E-state index contributed by atoms with van der Waals surface area (Å²) < 4.78 is 21.7. The highest BCUT2D eigenvalue weighted by atomic mass is 35.5. The highest BCUT2D eigenvalue weighted by molar-refractivity contribution is 6.33. The van der Waals surface area contributed by atoms with Crippen LogP contribution in [0.5, 0.6) is 0 Å². The molecule has 5 rings (SSSR count). The smallest absolute Gasteiger partial charge is 0.254 e. The average molecular weight is 485 g/mol. The number of hydrogen-bond acceptors (Lipinski definition) is 6. The summed E-state index contributed by atoms with van der Waals surface area (Å²) >= 11 is 6.33. The van der Waals surface area contributed by atoms with Crippen LogP contribution in [0.15, 0.2) is 43.0 Å². The number of benzene rings is 1. The van der Waals surface area contributed by atoms with Gasteiger partial charge in [-0.25, -0.2) is 9.07 Å². The number of halogens is 2. The first-order chi connectivity index (χ1) is 16.5. The number of amides is 1.